The number of benzene rings is 1. The number of para-hydroxylation sites is 1. The van der Waals surface area contributed by atoms with Gasteiger partial charge in [-0.2, -0.15) is 0 Å². The lowest BCUT2D eigenvalue weighted by Crippen LogP contribution is -2.40. The van der Waals surface area contributed by atoms with E-state index in [1.165, 1.54) is 0 Å². The van der Waals surface area contributed by atoms with Crippen molar-refractivity contribution in [3.8, 4) is 0 Å². The molecule has 0 aliphatic carbocycles. The molecule has 0 heterocycles. The third-order valence-electron chi connectivity index (χ3n) is 2.13. The summed E-state index contributed by atoms with van der Waals surface area (Å²) in [4.78, 5) is 13.6. The fourth-order valence-corrected chi connectivity index (χ4v) is 1.68. The van der Waals surface area contributed by atoms with Crippen molar-refractivity contribution in [3.05, 3.63) is 30.3 Å². The first-order valence-corrected chi connectivity index (χ1v) is 5.97. The minimum Gasteiger partial charge on any atom is -0.309 e. The Morgan fingerprint density at radius 3 is 2.13 bits per heavy atom. The Morgan fingerprint density at radius 1 is 1.20 bits per heavy atom. The van der Waals surface area contributed by atoms with Crippen LogP contribution in [0.15, 0.2) is 30.3 Å². The van der Waals surface area contributed by atoms with Crippen molar-refractivity contribution in [1.82, 2.24) is 0 Å². The fourth-order valence-electron chi connectivity index (χ4n) is 1.46. The first kappa shape index (κ1) is 12.2. The summed E-state index contributed by atoms with van der Waals surface area (Å²) in [5.74, 6) is 0.0937. The average Bonchev–Trinajstić information content (AvgIpc) is 2.18. The lowest BCUT2D eigenvalue weighted by Gasteiger charge is -2.28. The van der Waals surface area contributed by atoms with Crippen LogP contribution < -0.4 is 4.90 Å². The maximum Gasteiger partial charge on any atom is 0.240 e. The Morgan fingerprint density at radius 2 is 1.73 bits per heavy atom. The fraction of sp³-hybridized carbons (Fsp3) is 0.417. The van der Waals surface area contributed by atoms with E-state index >= 15 is 0 Å². The molecule has 1 unspecified atom stereocenters. The molecule has 0 aliphatic rings. The molecule has 0 aliphatic heterocycles. The van der Waals surface area contributed by atoms with Gasteiger partial charge in [-0.1, -0.05) is 34.1 Å². The zero-order chi connectivity index (χ0) is 11.4. The van der Waals surface area contributed by atoms with Gasteiger partial charge in [0.15, 0.2) is 0 Å². The zero-order valence-electron chi connectivity index (χ0n) is 9.27. The monoisotopic (exact) mass is 269 g/mol. The minimum atomic E-state index is -0.153. The number of alkyl halides is 1. The van der Waals surface area contributed by atoms with Gasteiger partial charge in [0.1, 0.15) is 0 Å². The highest BCUT2D eigenvalue weighted by Gasteiger charge is 2.21. The summed E-state index contributed by atoms with van der Waals surface area (Å²) in [6.07, 6.45) is 0. The van der Waals surface area contributed by atoms with E-state index in [0.717, 1.165) is 5.69 Å². The van der Waals surface area contributed by atoms with E-state index in [1.807, 2.05) is 51.1 Å². The Balaban J connectivity index is 2.99. The summed E-state index contributed by atoms with van der Waals surface area (Å²) in [7, 11) is 0. The second-order valence-corrected chi connectivity index (χ2v) is 5.13. The first-order valence-electron chi connectivity index (χ1n) is 5.06. The van der Waals surface area contributed by atoms with Crippen LogP contribution in [-0.2, 0) is 4.79 Å². The van der Waals surface area contributed by atoms with Crippen LogP contribution in [0.1, 0.15) is 20.8 Å². The highest BCUT2D eigenvalue weighted by Crippen LogP contribution is 2.19. The van der Waals surface area contributed by atoms with E-state index in [1.54, 1.807) is 4.90 Å². The van der Waals surface area contributed by atoms with Crippen molar-refractivity contribution in [1.29, 1.82) is 0 Å². The summed E-state index contributed by atoms with van der Waals surface area (Å²) >= 11 is 3.31. The molecule has 0 aromatic heterocycles. The van der Waals surface area contributed by atoms with Crippen molar-refractivity contribution in [2.24, 2.45) is 0 Å². The van der Waals surface area contributed by atoms with E-state index in [4.69, 9.17) is 0 Å². The summed E-state index contributed by atoms with van der Waals surface area (Å²) in [5, 5.41) is 0. The second kappa shape index (κ2) is 5.31. The molecule has 0 saturated carbocycles. The van der Waals surface area contributed by atoms with Gasteiger partial charge in [-0.25, -0.2) is 0 Å². The van der Waals surface area contributed by atoms with Crippen molar-refractivity contribution >= 4 is 27.5 Å². The topological polar surface area (TPSA) is 20.3 Å². The number of halogens is 1. The highest BCUT2D eigenvalue weighted by atomic mass is 79.9. The third-order valence-corrected chi connectivity index (χ3v) is 2.52. The van der Waals surface area contributed by atoms with Crippen LogP contribution in [0.3, 0.4) is 0 Å². The normalized spacial score (nSPS) is 12.6. The molecule has 1 amide bonds. The molecule has 0 N–H and O–H groups in total. The Bertz CT molecular complexity index is 322. The maximum atomic E-state index is 12.0. The van der Waals surface area contributed by atoms with E-state index in [0.29, 0.717) is 0 Å². The molecular formula is C12H16BrNO. The number of rotatable bonds is 3. The molecular weight excluding hydrogens is 254 g/mol. The number of carbonyl (C=O) groups is 1. The summed E-state index contributed by atoms with van der Waals surface area (Å²) < 4.78 is 0. The molecule has 1 aromatic rings. The number of carbonyl (C=O) groups excluding carboxylic acids is 1. The number of anilines is 1. The largest absolute Gasteiger partial charge is 0.309 e. The Labute approximate surface area is 99.4 Å². The van der Waals surface area contributed by atoms with Crippen LogP contribution in [0.4, 0.5) is 5.69 Å². The van der Waals surface area contributed by atoms with Gasteiger partial charge >= 0.3 is 0 Å². The van der Waals surface area contributed by atoms with E-state index in [2.05, 4.69) is 15.9 Å². The van der Waals surface area contributed by atoms with E-state index in [-0.39, 0.29) is 16.8 Å². The molecule has 0 fully saturated rings. The van der Waals surface area contributed by atoms with Crippen LogP contribution in [0.25, 0.3) is 0 Å². The minimum absolute atomic E-state index is 0.0937. The van der Waals surface area contributed by atoms with Crippen molar-refractivity contribution in [2.45, 2.75) is 31.6 Å². The molecule has 1 rings (SSSR count). The molecule has 0 bridgehead atoms. The lowest BCUT2D eigenvalue weighted by atomic mass is 10.2. The molecule has 82 valence electrons. The van der Waals surface area contributed by atoms with Crippen LogP contribution in [0.2, 0.25) is 0 Å². The number of hydrogen-bond acceptors (Lipinski definition) is 1. The van der Waals surface area contributed by atoms with Gasteiger partial charge in [-0.05, 0) is 32.9 Å². The molecule has 2 nitrogen and oxygen atoms in total. The average molecular weight is 270 g/mol. The molecule has 1 atom stereocenters. The molecule has 0 radical (unpaired) electrons. The number of nitrogens with zero attached hydrogens (tertiary/aromatic N) is 1. The zero-order valence-corrected chi connectivity index (χ0v) is 10.9. The molecule has 0 saturated heterocycles. The standard InChI is InChI=1S/C12H16BrNO/c1-9(2)14(12(15)10(3)13)11-7-5-4-6-8-11/h4-10H,1-3H3. The van der Waals surface area contributed by atoms with Crippen LogP contribution >= 0.6 is 15.9 Å². The van der Waals surface area contributed by atoms with Crippen LogP contribution in [0, 0.1) is 0 Å². The van der Waals surface area contributed by atoms with Crippen molar-refractivity contribution in [2.75, 3.05) is 4.90 Å². The predicted molar refractivity (Wildman–Crippen MR) is 67.5 cm³/mol. The number of hydrogen-bond donors (Lipinski definition) is 0. The summed E-state index contributed by atoms with van der Waals surface area (Å²) in [6.45, 7) is 5.88. The highest BCUT2D eigenvalue weighted by molar-refractivity contribution is 9.10. The van der Waals surface area contributed by atoms with Gasteiger partial charge in [-0.15, -0.1) is 0 Å². The Hall–Kier alpha value is -0.830. The van der Waals surface area contributed by atoms with Gasteiger partial charge in [0.25, 0.3) is 0 Å². The van der Waals surface area contributed by atoms with Crippen molar-refractivity contribution < 1.29 is 4.79 Å². The van der Waals surface area contributed by atoms with Gasteiger partial charge in [0.2, 0.25) is 5.91 Å². The quantitative estimate of drug-likeness (QED) is 0.772. The van der Waals surface area contributed by atoms with E-state index in [9.17, 15) is 4.79 Å². The van der Waals surface area contributed by atoms with Gasteiger partial charge in [-0.3, -0.25) is 4.79 Å². The molecule has 15 heavy (non-hydrogen) atoms. The smallest absolute Gasteiger partial charge is 0.240 e. The number of amides is 1. The van der Waals surface area contributed by atoms with Gasteiger partial charge < -0.3 is 4.90 Å². The summed E-state index contributed by atoms with van der Waals surface area (Å²) in [5.41, 5.74) is 0.948. The predicted octanol–water partition coefficient (Wildman–Crippen LogP) is 3.21. The van der Waals surface area contributed by atoms with Crippen molar-refractivity contribution in [3.63, 3.8) is 0 Å². The SMILES string of the molecule is CC(Br)C(=O)N(c1ccccc1)C(C)C. The second-order valence-electron chi connectivity index (χ2n) is 3.75. The van der Waals surface area contributed by atoms with Crippen LogP contribution in [-0.4, -0.2) is 16.8 Å². The lowest BCUT2D eigenvalue weighted by molar-refractivity contribution is -0.118. The maximum absolute atomic E-state index is 12.0. The van der Waals surface area contributed by atoms with Gasteiger partial charge in [0.05, 0.1) is 4.83 Å². The third kappa shape index (κ3) is 3.06. The van der Waals surface area contributed by atoms with Crippen LogP contribution in [0.5, 0.6) is 0 Å². The Kier molecular flexibility index (Phi) is 4.33. The summed E-state index contributed by atoms with van der Waals surface area (Å²) in [6, 6.07) is 9.90. The molecule has 1 aromatic carbocycles. The molecule has 3 heteroatoms. The van der Waals surface area contributed by atoms with E-state index < -0.39 is 0 Å². The first-order chi connectivity index (χ1) is 7.04. The van der Waals surface area contributed by atoms with Gasteiger partial charge in [0, 0.05) is 11.7 Å². The molecule has 0 spiro atoms.